The Kier molecular flexibility index (Phi) is 6.85. The van der Waals surface area contributed by atoms with Crippen LogP contribution in [-0.4, -0.2) is 56.3 Å². The molecule has 0 spiro atoms. The fourth-order valence-electron chi connectivity index (χ4n) is 7.26. The van der Waals surface area contributed by atoms with Crippen LogP contribution >= 0.6 is 0 Å². The zero-order valence-corrected chi connectivity index (χ0v) is 24.9. The Hall–Kier alpha value is -4.09. The van der Waals surface area contributed by atoms with Gasteiger partial charge in [0.2, 0.25) is 11.4 Å². The molecule has 3 aromatic carbocycles. The van der Waals surface area contributed by atoms with E-state index in [0.29, 0.717) is 11.1 Å². The van der Waals surface area contributed by atoms with Crippen molar-refractivity contribution >= 4 is 5.78 Å². The van der Waals surface area contributed by atoms with Crippen LogP contribution in [-0.2, 0) is 24.6 Å². The summed E-state index contributed by atoms with van der Waals surface area (Å²) >= 11 is 0. The first-order chi connectivity index (χ1) is 21.3. The molecule has 2 N–H and O–H groups in total. The number of carbonyl (C=O) groups is 1. The zero-order chi connectivity index (χ0) is 30.8. The van der Waals surface area contributed by atoms with Gasteiger partial charge in [0, 0.05) is 27.1 Å². The maximum Gasteiger partial charge on any atom is 0.258 e. The van der Waals surface area contributed by atoms with Gasteiger partial charge in [-0.1, -0.05) is 60.7 Å². The minimum Gasteiger partial charge on any atom is -0.492 e. The Bertz CT molecular complexity index is 1640. The summed E-state index contributed by atoms with van der Waals surface area (Å²) in [7, 11) is 5.83. The number of rotatable bonds is 6. The smallest absolute Gasteiger partial charge is 0.258 e. The molecule has 4 aliphatic rings. The maximum absolute atomic E-state index is 13.8. The van der Waals surface area contributed by atoms with Gasteiger partial charge in [0.1, 0.15) is 23.7 Å². The lowest BCUT2D eigenvalue weighted by Gasteiger charge is -2.49. The number of carbonyl (C=O) groups excluding carboxylic acids is 1. The Morgan fingerprint density at radius 3 is 1.91 bits per heavy atom. The van der Waals surface area contributed by atoms with Crippen LogP contribution < -0.4 is 18.9 Å². The van der Waals surface area contributed by atoms with Gasteiger partial charge in [0.25, 0.3) is 5.79 Å². The number of ketones is 1. The Labute approximate surface area is 254 Å². The van der Waals surface area contributed by atoms with Crippen LogP contribution in [0.25, 0.3) is 0 Å². The average molecular weight is 603 g/mol. The molecule has 0 saturated heterocycles. The van der Waals surface area contributed by atoms with E-state index in [4.69, 9.17) is 33.2 Å². The highest BCUT2D eigenvalue weighted by Crippen LogP contribution is 2.69. The van der Waals surface area contributed by atoms with Crippen molar-refractivity contribution < 1.29 is 48.2 Å². The van der Waals surface area contributed by atoms with Gasteiger partial charge in [0.15, 0.2) is 17.3 Å². The van der Waals surface area contributed by atoms with Crippen LogP contribution in [0.15, 0.2) is 72.0 Å². The predicted molar refractivity (Wildman–Crippen MR) is 156 cm³/mol. The maximum atomic E-state index is 13.8. The van der Waals surface area contributed by atoms with E-state index in [1.807, 2.05) is 60.7 Å². The third kappa shape index (κ3) is 3.78. The van der Waals surface area contributed by atoms with Gasteiger partial charge in [-0.15, -0.1) is 0 Å². The van der Waals surface area contributed by atoms with Crippen molar-refractivity contribution in [1.29, 1.82) is 0 Å². The Balaban J connectivity index is 1.49. The molecule has 0 bridgehead atoms. The Morgan fingerprint density at radius 1 is 0.750 bits per heavy atom. The summed E-state index contributed by atoms with van der Waals surface area (Å²) in [5, 5.41) is 23.1. The lowest BCUT2D eigenvalue weighted by Crippen LogP contribution is -2.61. The highest BCUT2D eigenvalue weighted by molar-refractivity contribution is 6.00. The summed E-state index contributed by atoms with van der Waals surface area (Å²) in [5.74, 6) is -1.27. The van der Waals surface area contributed by atoms with Crippen molar-refractivity contribution in [2.75, 3.05) is 28.4 Å². The summed E-state index contributed by atoms with van der Waals surface area (Å²) in [4.78, 5) is 13.8. The molecule has 0 fully saturated rings. The molecular weight excluding hydrogens is 568 g/mol. The van der Waals surface area contributed by atoms with Crippen molar-refractivity contribution in [3.63, 3.8) is 0 Å². The highest BCUT2D eigenvalue weighted by Gasteiger charge is 2.73. The minimum absolute atomic E-state index is 0.0677. The van der Waals surface area contributed by atoms with E-state index in [2.05, 4.69) is 0 Å². The van der Waals surface area contributed by atoms with E-state index in [1.54, 1.807) is 0 Å². The number of fused-ring (bicyclic) bond motifs is 6. The topological polar surface area (TPSA) is 122 Å². The van der Waals surface area contributed by atoms with Crippen LogP contribution in [0.4, 0.5) is 0 Å². The average Bonchev–Trinajstić information content (AvgIpc) is 3.35. The van der Waals surface area contributed by atoms with Gasteiger partial charge in [-0.05, 0) is 11.1 Å². The number of aliphatic hydroxyl groups excluding tert-OH is 2. The van der Waals surface area contributed by atoms with E-state index in [1.165, 1.54) is 28.4 Å². The molecule has 10 nitrogen and oxygen atoms in total. The molecule has 1 aliphatic carbocycles. The van der Waals surface area contributed by atoms with Gasteiger partial charge in [0.05, 0.1) is 49.5 Å². The van der Waals surface area contributed by atoms with Crippen molar-refractivity contribution in [1.82, 2.24) is 0 Å². The summed E-state index contributed by atoms with van der Waals surface area (Å²) in [6.45, 7) is 0. The monoisotopic (exact) mass is 602 g/mol. The number of methoxy groups -OCH3 is 4. The van der Waals surface area contributed by atoms with Crippen molar-refractivity contribution in [3.8, 4) is 23.0 Å². The molecule has 230 valence electrons. The first kappa shape index (κ1) is 28.7. The first-order valence-electron chi connectivity index (χ1n) is 14.5. The molecule has 44 heavy (non-hydrogen) atoms. The van der Waals surface area contributed by atoms with Crippen LogP contribution in [0.2, 0.25) is 0 Å². The second-order valence-electron chi connectivity index (χ2n) is 11.3. The summed E-state index contributed by atoms with van der Waals surface area (Å²) in [6.07, 6.45) is -3.20. The normalized spacial score (nSPS) is 30.2. The molecule has 0 amide bonds. The standard InChI is InChI=1S/C34H34O10/c1-38-30-27-28(26-21(36)16-23(18-11-7-5-8-12-18)42-29(26)31(30)39-2)44-33(40-3)17-22(37)25-20(35)15-24(19-13-9-6-10-14-19)43-32(25)34(27,33)41-4/h5-14,20-21,23-24,35-36H,15-17H2,1-4H3/t20-,21-,23+,24+,33-,34?/m1/s1. The number of hydrogen-bond donors (Lipinski definition) is 2. The number of benzene rings is 3. The van der Waals surface area contributed by atoms with Crippen LogP contribution in [0.3, 0.4) is 0 Å². The van der Waals surface area contributed by atoms with E-state index >= 15 is 0 Å². The first-order valence-corrected chi connectivity index (χ1v) is 14.5. The SMILES string of the molecule is COc1c2c(c3c(c1OC)C1(OC)C4=C(C(=O)C[C@@]1(OC)O3)[C@H](O)C[C@@H](c1ccccc1)O4)[C@H](O)C[C@@H](c1ccccc1)O2. The second kappa shape index (κ2) is 10.5. The van der Waals surface area contributed by atoms with Crippen LogP contribution in [0.5, 0.6) is 23.0 Å². The molecule has 3 aromatic rings. The van der Waals surface area contributed by atoms with Gasteiger partial charge < -0.3 is 43.4 Å². The molecule has 0 saturated carbocycles. The highest BCUT2D eigenvalue weighted by atomic mass is 16.7. The molecule has 6 atom stereocenters. The quantitative estimate of drug-likeness (QED) is 0.414. The third-order valence-corrected chi connectivity index (χ3v) is 9.22. The zero-order valence-electron chi connectivity index (χ0n) is 24.9. The minimum atomic E-state index is -1.78. The summed E-state index contributed by atoms with van der Waals surface area (Å²) in [6, 6.07) is 19.0. The molecule has 0 radical (unpaired) electrons. The molecule has 3 aliphatic heterocycles. The van der Waals surface area contributed by atoms with Crippen molar-refractivity contribution in [3.05, 3.63) is 94.2 Å². The number of aliphatic hydroxyl groups is 2. The van der Waals surface area contributed by atoms with Gasteiger partial charge in [-0.3, -0.25) is 4.79 Å². The van der Waals surface area contributed by atoms with Crippen molar-refractivity contribution in [2.24, 2.45) is 0 Å². The summed E-state index contributed by atoms with van der Waals surface area (Å²) in [5.41, 5.74) is 0.669. The van der Waals surface area contributed by atoms with Gasteiger partial charge >= 0.3 is 0 Å². The lowest BCUT2D eigenvalue weighted by atomic mass is 9.71. The fourth-order valence-corrected chi connectivity index (χ4v) is 7.26. The van der Waals surface area contributed by atoms with E-state index in [-0.39, 0.29) is 53.6 Å². The molecule has 0 aromatic heterocycles. The number of Topliss-reactive ketones (excluding diaryl/α,β-unsaturated/α-hetero) is 1. The number of ether oxygens (including phenoxy) is 7. The third-order valence-electron chi connectivity index (χ3n) is 9.22. The van der Waals surface area contributed by atoms with E-state index < -0.39 is 41.6 Å². The van der Waals surface area contributed by atoms with Crippen LogP contribution in [0, 0.1) is 0 Å². The van der Waals surface area contributed by atoms with Crippen LogP contribution in [0.1, 0.15) is 59.8 Å². The Morgan fingerprint density at radius 2 is 1.34 bits per heavy atom. The largest absolute Gasteiger partial charge is 0.492 e. The van der Waals surface area contributed by atoms with E-state index in [0.717, 1.165) is 11.1 Å². The molecule has 7 rings (SSSR count). The molecule has 3 heterocycles. The van der Waals surface area contributed by atoms with Gasteiger partial charge in [-0.25, -0.2) is 0 Å². The van der Waals surface area contributed by atoms with Crippen molar-refractivity contribution in [2.45, 2.75) is 55.1 Å². The van der Waals surface area contributed by atoms with E-state index in [9.17, 15) is 15.0 Å². The molecule has 1 unspecified atom stereocenters. The van der Waals surface area contributed by atoms with Gasteiger partial charge in [-0.2, -0.15) is 0 Å². The second-order valence-corrected chi connectivity index (χ2v) is 11.3. The predicted octanol–water partition coefficient (Wildman–Crippen LogP) is 4.59. The number of hydrogen-bond acceptors (Lipinski definition) is 10. The summed E-state index contributed by atoms with van der Waals surface area (Å²) < 4.78 is 44.2. The molecule has 10 heteroatoms. The molecular formula is C34H34O10. The lowest BCUT2D eigenvalue weighted by molar-refractivity contribution is -0.274. The fraction of sp³-hybridized carbons (Fsp3) is 0.382.